The molecule has 15 rings (SSSR count). The molecule has 11 aromatic carbocycles. The summed E-state index contributed by atoms with van der Waals surface area (Å²) in [6.07, 6.45) is 0. The maximum atomic E-state index is 7.17. The fourth-order valence-electron chi connectivity index (χ4n) is 12.8. The second-order valence-electron chi connectivity index (χ2n) is 19.0. The highest BCUT2D eigenvalue weighted by molar-refractivity contribution is 5.97. The third-order valence-electron chi connectivity index (χ3n) is 15.6. The van der Waals surface area contributed by atoms with Gasteiger partial charge < -0.3 is 14.4 Å². The van der Waals surface area contributed by atoms with Gasteiger partial charge in [0.05, 0.1) is 22.2 Å². The molecular formula is C68H43NO2. The Morgan fingerprint density at radius 1 is 0.254 bits per heavy atom. The number of nitrogens with zero attached hydrogens (tertiary/aromatic N) is 1. The molecule has 0 saturated carbocycles. The topological polar surface area (TPSA) is 21.7 Å². The standard InChI is InChI=1S/C68H43NO2/c1-4-20-44(21-5-1)49-26-14-19-35-62(49)69(47-36-38-54-52-29-10-15-31-56(52)67(60(54)40-47,45-22-6-2-7-23-45)46-24-8-3-9-25-46)48-37-39-63-64(41-48)71-66-43-61-55(42-65(66)70-63)53-30-13-18-34-59(53)68(61)57-32-16-11-27-50(57)51-28-12-17-33-58(51)68/h1-43H. The number of rotatable bonds is 6. The number of hydrogen-bond donors (Lipinski definition) is 0. The molecule has 11 aromatic rings. The van der Waals surface area contributed by atoms with Crippen molar-refractivity contribution < 1.29 is 9.47 Å². The van der Waals surface area contributed by atoms with Crippen LogP contribution in [0.2, 0.25) is 0 Å². The number of para-hydroxylation sites is 1. The largest absolute Gasteiger partial charge is 0.449 e. The van der Waals surface area contributed by atoms with E-state index < -0.39 is 10.8 Å². The third kappa shape index (κ3) is 5.49. The fraction of sp³-hybridized carbons (Fsp3) is 0.0294. The smallest absolute Gasteiger partial charge is 0.172 e. The van der Waals surface area contributed by atoms with E-state index in [0.717, 1.165) is 28.2 Å². The molecule has 3 aliphatic carbocycles. The van der Waals surface area contributed by atoms with E-state index in [4.69, 9.17) is 9.47 Å². The first-order valence-corrected chi connectivity index (χ1v) is 24.5. The van der Waals surface area contributed by atoms with Gasteiger partial charge in [-0.2, -0.15) is 0 Å². The highest BCUT2D eigenvalue weighted by atomic mass is 16.6. The Morgan fingerprint density at radius 2 is 0.662 bits per heavy atom. The minimum Gasteiger partial charge on any atom is -0.449 e. The molecule has 0 aromatic heterocycles. The number of anilines is 3. The van der Waals surface area contributed by atoms with Crippen molar-refractivity contribution in [3.8, 4) is 67.5 Å². The van der Waals surface area contributed by atoms with E-state index in [1.54, 1.807) is 0 Å². The molecule has 3 heteroatoms. The van der Waals surface area contributed by atoms with Crippen LogP contribution in [0, 0.1) is 0 Å². The van der Waals surface area contributed by atoms with Crippen molar-refractivity contribution in [3.63, 3.8) is 0 Å². The summed E-state index contributed by atoms with van der Waals surface area (Å²) in [5.74, 6) is 2.74. The predicted molar refractivity (Wildman–Crippen MR) is 287 cm³/mol. The molecule has 4 aliphatic rings. The lowest BCUT2D eigenvalue weighted by Gasteiger charge is -2.35. The summed E-state index contributed by atoms with van der Waals surface area (Å²) in [4.78, 5) is 2.40. The zero-order chi connectivity index (χ0) is 46.7. The first-order valence-electron chi connectivity index (χ1n) is 24.5. The molecule has 332 valence electrons. The number of ether oxygens (including phenoxy) is 2. The molecular weight excluding hydrogens is 863 g/mol. The summed E-state index contributed by atoms with van der Waals surface area (Å²) in [5, 5.41) is 0. The van der Waals surface area contributed by atoms with Gasteiger partial charge in [0.25, 0.3) is 0 Å². The van der Waals surface area contributed by atoms with E-state index in [2.05, 4.69) is 266 Å². The monoisotopic (exact) mass is 905 g/mol. The fourth-order valence-corrected chi connectivity index (χ4v) is 12.8. The highest BCUT2D eigenvalue weighted by Gasteiger charge is 2.52. The molecule has 0 N–H and O–H groups in total. The molecule has 0 radical (unpaired) electrons. The van der Waals surface area contributed by atoms with Crippen molar-refractivity contribution in [3.05, 3.63) is 305 Å². The molecule has 1 aliphatic heterocycles. The summed E-state index contributed by atoms with van der Waals surface area (Å²) >= 11 is 0. The number of fused-ring (bicyclic) bond motifs is 15. The van der Waals surface area contributed by atoms with E-state index in [9.17, 15) is 0 Å². The van der Waals surface area contributed by atoms with Gasteiger partial charge in [0.15, 0.2) is 23.0 Å². The Labute approximate surface area is 413 Å². The summed E-state index contributed by atoms with van der Waals surface area (Å²) in [6, 6.07) is 95.0. The summed E-state index contributed by atoms with van der Waals surface area (Å²) < 4.78 is 14.1. The van der Waals surface area contributed by atoms with Crippen LogP contribution in [-0.2, 0) is 10.8 Å². The van der Waals surface area contributed by atoms with Crippen molar-refractivity contribution in [1.29, 1.82) is 0 Å². The van der Waals surface area contributed by atoms with E-state index in [0.29, 0.717) is 23.0 Å². The van der Waals surface area contributed by atoms with Crippen molar-refractivity contribution in [2.45, 2.75) is 10.8 Å². The van der Waals surface area contributed by atoms with Gasteiger partial charge in [-0.25, -0.2) is 0 Å². The SMILES string of the molecule is c1ccc(-c2ccccc2N(c2ccc3c(c2)Oc2cc4c(cc2O3)-c2ccccc2C42c3ccccc3-c3ccccc32)c2ccc3c(c2)C(c2ccccc2)(c2ccccc2)c2ccccc2-3)cc1. The van der Waals surface area contributed by atoms with Gasteiger partial charge in [0.1, 0.15) is 0 Å². The average molecular weight is 906 g/mol. The number of benzene rings is 11. The Kier molecular flexibility index (Phi) is 8.49. The molecule has 0 unspecified atom stereocenters. The van der Waals surface area contributed by atoms with Crippen LogP contribution in [0.5, 0.6) is 23.0 Å². The Hall–Kier alpha value is -9.18. The molecule has 71 heavy (non-hydrogen) atoms. The molecule has 0 bridgehead atoms. The van der Waals surface area contributed by atoms with Crippen LogP contribution in [0.1, 0.15) is 44.5 Å². The summed E-state index contributed by atoms with van der Waals surface area (Å²) in [6.45, 7) is 0. The first kappa shape index (κ1) is 39.8. The summed E-state index contributed by atoms with van der Waals surface area (Å²) in [5.41, 5.74) is 21.7. The normalized spacial score (nSPS) is 14.1. The lowest BCUT2D eigenvalue weighted by atomic mass is 9.67. The molecule has 1 spiro atoms. The van der Waals surface area contributed by atoms with Gasteiger partial charge in [-0.05, 0) is 126 Å². The van der Waals surface area contributed by atoms with Crippen molar-refractivity contribution in [1.82, 2.24) is 0 Å². The zero-order valence-corrected chi connectivity index (χ0v) is 38.6. The zero-order valence-electron chi connectivity index (χ0n) is 38.6. The number of hydrogen-bond acceptors (Lipinski definition) is 3. The van der Waals surface area contributed by atoms with Crippen LogP contribution in [0.25, 0.3) is 44.5 Å². The van der Waals surface area contributed by atoms with Crippen LogP contribution in [-0.4, -0.2) is 0 Å². The van der Waals surface area contributed by atoms with Crippen LogP contribution in [0.4, 0.5) is 17.1 Å². The van der Waals surface area contributed by atoms with Crippen LogP contribution in [0.3, 0.4) is 0 Å². The molecule has 0 saturated heterocycles. The first-order chi connectivity index (χ1) is 35.2. The van der Waals surface area contributed by atoms with Crippen molar-refractivity contribution in [2.24, 2.45) is 0 Å². The highest BCUT2D eigenvalue weighted by Crippen LogP contribution is 2.65. The van der Waals surface area contributed by atoms with Crippen molar-refractivity contribution >= 4 is 17.1 Å². The van der Waals surface area contributed by atoms with Gasteiger partial charge in [0, 0.05) is 17.3 Å². The second-order valence-corrected chi connectivity index (χ2v) is 19.0. The van der Waals surface area contributed by atoms with Gasteiger partial charge in [0.2, 0.25) is 0 Å². The quantitative estimate of drug-likeness (QED) is 0.166. The third-order valence-corrected chi connectivity index (χ3v) is 15.6. The van der Waals surface area contributed by atoms with E-state index in [-0.39, 0.29) is 0 Å². The lowest BCUT2D eigenvalue weighted by Crippen LogP contribution is -2.28. The Balaban J connectivity index is 0.921. The molecule has 0 amide bonds. The Morgan fingerprint density at radius 3 is 1.27 bits per heavy atom. The van der Waals surface area contributed by atoms with Gasteiger partial charge in [-0.15, -0.1) is 0 Å². The molecule has 1 heterocycles. The van der Waals surface area contributed by atoms with Crippen LogP contribution < -0.4 is 14.4 Å². The van der Waals surface area contributed by atoms with Crippen LogP contribution in [0.15, 0.2) is 261 Å². The Bertz CT molecular complexity index is 3870. The lowest BCUT2D eigenvalue weighted by molar-refractivity contribution is 0.359. The van der Waals surface area contributed by atoms with E-state index >= 15 is 0 Å². The second kappa shape index (κ2) is 15.2. The summed E-state index contributed by atoms with van der Waals surface area (Å²) in [7, 11) is 0. The van der Waals surface area contributed by atoms with Gasteiger partial charge >= 0.3 is 0 Å². The predicted octanol–water partition coefficient (Wildman–Crippen LogP) is 17.4. The minimum absolute atomic E-state index is 0.500. The van der Waals surface area contributed by atoms with E-state index in [1.807, 2.05) is 0 Å². The van der Waals surface area contributed by atoms with Crippen molar-refractivity contribution in [2.75, 3.05) is 4.90 Å². The van der Waals surface area contributed by atoms with E-state index in [1.165, 1.54) is 77.9 Å². The maximum absolute atomic E-state index is 7.17. The van der Waals surface area contributed by atoms with Gasteiger partial charge in [-0.3, -0.25) is 0 Å². The molecule has 3 nitrogen and oxygen atoms in total. The molecule has 0 atom stereocenters. The molecule has 0 fully saturated rings. The minimum atomic E-state index is -0.566. The average Bonchev–Trinajstić information content (AvgIpc) is 4.03. The maximum Gasteiger partial charge on any atom is 0.172 e. The van der Waals surface area contributed by atoms with Gasteiger partial charge in [-0.1, -0.05) is 212 Å². The van der Waals surface area contributed by atoms with Crippen LogP contribution >= 0.6 is 0 Å².